The Morgan fingerprint density at radius 2 is 1.95 bits per heavy atom. The molecule has 20 heavy (non-hydrogen) atoms. The van der Waals surface area contributed by atoms with Gasteiger partial charge in [0.1, 0.15) is 0 Å². The van der Waals surface area contributed by atoms with Gasteiger partial charge in [-0.3, -0.25) is 9.59 Å². The average Bonchev–Trinajstić information content (AvgIpc) is 2.42. The molecule has 1 aliphatic rings. The quantitative estimate of drug-likeness (QED) is 0.749. The number of carboxylic acids is 1. The Kier molecular flexibility index (Phi) is 6.82. The first-order chi connectivity index (χ1) is 9.43. The molecule has 0 aliphatic carbocycles. The highest BCUT2D eigenvalue weighted by atomic mass is 32.2. The minimum Gasteiger partial charge on any atom is -0.481 e. The van der Waals surface area contributed by atoms with Gasteiger partial charge in [-0.1, -0.05) is 20.8 Å². The topological polar surface area (TPSA) is 75.6 Å². The van der Waals surface area contributed by atoms with Crippen molar-refractivity contribution in [2.75, 3.05) is 25.5 Å². The van der Waals surface area contributed by atoms with E-state index in [0.717, 1.165) is 5.75 Å². The van der Waals surface area contributed by atoms with Gasteiger partial charge in [-0.25, -0.2) is 0 Å². The predicted molar refractivity (Wildman–Crippen MR) is 79.9 cm³/mol. The number of aliphatic carboxylic acids is 1. The monoisotopic (exact) mass is 303 g/mol. The van der Waals surface area contributed by atoms with Crippen molar-refractivity contribution in [2.45, 2.75) is 38.9 Å². The van der Waals surface area contributed by atoms with Crippen LogP contribution in [0, 0.1) is 11.3 Å². The van der Waals surface area contributed by atoms with Gasteiger partial charge in [0.05, 0.1) is 10.7 Å². The maximum atomic E-state index is 12.2. The maximum Gasteiger partial charge on any atom is 0.311 e. The number of thioether (sulfide) groups is 1. The number of carboxylic acid groups (broad SMARTS) is 1. The van der Waals surface area contributed by atoms with Crippen LogP contribution in [0.25, 0.3) is 0 Å². The average molecular weight is 303 g/mol. The lowest BCUT2D eigenvalue weighted by atomic mass is 9.80. The third-order valence-corrected chi connectivity index (χ3v) is 5.17. The molecule has 0 aromatic heterocycles. The second-order valence-electron chi connectivity index (χ2n) is 5.54. The Morgan fingerprint density at radius 1 is 1.35 bits per heavy atom. The van der Waals surface area contributed by atoms with Gasteiger partial charge >= 0.3 is 5.97 Å². The number of hydrogen-bond acceptors (Lipinski definition) is 4. The molecule has 2 N–H and O–H groups in total. The van der Waals surface area contributed by atoms with Crippen molar-refractivity contribution in [3.8, 4) is 0 Å². The molecule has 0 aromatic rings. The van der Waals surface area contributed by atoms with E-state index in [-0.39, 0.29) is 23.6 Å². The third-order valence-electron chi connectivity index (χ3n) is 3.71. The lowest BCUT2D eigenvalue weighted by molar-refractivity contribution is -0.154. The molecule has 1 unspecified atom stereocenters. The molecule has 1 rings (SSSR count). The molecule has 1 aliphatic heterocycles. The molecule has 6 heteroatoms. The summed E-state index contributed by atoms with van der Waals surface area (Å²) in [5, 5.41) is 12.2. The zero-order chi connectivity index (χ0) is 15.2. The van der Waals surface area contributed by atoms with Gasteiger partial charge in [-0.15, -0.1) is 11.8 Å². The molecule has 1 heterocycles. The molecule has 0 aromatic carbocycles. The van der Waals surface area contributed by atoms with Gasteiger partial charge in [0.15, 0.2) is 0 Å². The van der Waals surface area contributed by atoms with E-state index >= 15 is 0 Å². The number of rotatable bonds is 7. The van der Waals surface area contributed by atoms with E-state index < -0.39 is 11.4 Å². The fourth-order valence-corrected chi connectivity index (χ4v) is 3.31. The Morgan fingerprint density at radius 3 is 2.40 bits per heavy atom. The van der Waals surface area contributed by atoms with Crippen LogP contribution in [0.3, 0.4) is 0 Å². The molecule has 5 nitrogen and oxygen atoms in total. The SMILES string of the molecule is CCSC(C(=O)NCC1(C(=O)O)CCOCC1)C(C)C. The van der Waals surface area contributed by atoms with Crippen LogP contribution in [-0.2, 0) is 14.3 Å². The second-order valence-corrected chi connectivity index (χ2v) is 6.95. The molecule has 0 bridgehead atoms. The summed E-state index contributed by atoms with van der Waals surface area (Å²) in [6.45, 7) is 7.12. The minimum atomic E-state index is -0.869. The van der Waals surface area contributed by atoms with E-state index in [1.165, 1.54) is 0 Å². The highest BCUT2D eigenvalue weighted by molar-refractivity contribution is 8.00. The van der Waals surface area contributed by atoms with Crippen LogP contribution in [-0.4, -0.2) is 47.7 Å². The minimum absolute atomic E-state index is 0.0565. The van der Waals surface area contributed by atoms with Crippen LogP contribution >= 0.6 is 11.8 Å². The third kappa shape index (κ3) is 4.38. The number of nitrogens with one attached hydrogen (secondary N) is 1. The molecule has 1 saturated heterocycles. The van der Waals surface area contributed by atoms with Crippen LogP contribution in [0.2, 0.25) is 0 Å². The molecule has 116 valence electrons. The van der Waals surface area contributed by atoms with Gasteiger partial charge in [0, 0.05) is 19.8 Å². The largest absolute Gasteiger partial charge is 0.481 e. The Hall–Kier alpha value is -0.750. The number of carbonyl (C=O) groups is 2. The van der Waals surface area contributed by atoms with Crippen LogP contribution < -0.4 is 5.32 Å². The summed E-state index contributed by atoms with van der Waals surface area (Å²) >= 11 is 1.60. The Labute approximate surface area is 124 Å². The van der Waals surface area contributed by atoms with Gasteiger partial charge in [0.25, 0.3) is 0 Å². The van der Waals surface area contributed by atoms with E-state index in [4.69, 9.17) is 4.74 Å². The van der Waals surface area contributed by atoms with Crippen LogP contribution in [0.1, 0.15) is 33.6 Å². The van der Waals surface area contributed by atoms with Crippen LogP contribution in [0.5, 0.6) is 0 Å². The smallest absolute Gasteiger partial charge is 0.311 e. The first-order valence-electron chi connectivity index (χ1n) is 7.13. The van der Waals surface area contributed by atoms with Crippen LogP contribution in [0.15, 0.2) is 0 Å². The lowest BCUT2D eigenvalue weighted by Crippen LogP contribution is -2.48. The van der Waals surface area contributed by atoms with Crippen molar-refractivity contribution in [3.63, 3.8) is 0 Å². The van der Waals surface area contributed by atoms with E-state index in [1.807, 2.05) is 20.8 Å². The maximum absolute atomic E-state index is 12.2. The molecule has 0 spiro atoms. The summed E-state index contributed by atoms with van der Waals surface area (Å²) in [6.07, 6.45) is 0.908. The van der Waals surface area contributed by atoms with Crippen molar-refractivity contribution in [1.29, 1.82) is 0 Å². The summed E-state index contributed by atoms with van der Waals surface area (Å²) in [6, 6.07) is 0. The van der Waals surface area contributed by atoms with E-state index in [2.05, 4.69) is 5.32 Å². The molecule has 0 radical (unpaired) electrons. The van der Waals surface area contributed by atoms with E-state index in [9.17, 15) is 14.7 Å². The predicted octanol–water partition coefficient (Wildman–Crippen LogP) is 1.76. The molecule has 1 amide bonds. The summed E-state index contributed by atoms with van der Waals surface area (Å²) in [5.41, 5.74) is -0.869. The molecule has 1 fully saturated rings. The summed E-state index contributed by atoms with van der Waals surface area (Å²) in [7, 11) is 0. The number of hydrogen-bond donors (Lipinski definition) is 2. The number of amides is 1. The second kappa shape index (κ2) is 7.88. The zero-order valence-corrected chi connectivity index (χ0v) is 13.3. The highest BCUT2D eigenvalue weighted by Gasteiger charge is 2.41. The van der Waals surface area contributed by atoms with Crippen molar-refractivity contribution >= 4 is 23.6 Å². The summed E-state index contributed by atoms with van der Waals surface area (Å²) in [4.78, 5) is 23.7. The lowest BCUT2D eigenvalue weighted by Gasteiger charge is -2.33. The number of ether oxygens (including phenoxy) is 1. The standard InChI is InChI=1S/C14H25NO4S/c1-4-20-11(10(2)3)12(16)15-9-14(13(17)18)5-7-19-8-6-14/h10-11H,4-9H2,1-3H3,(H,15,16)(H,17,18). The van der Waals surface area contributed by atoms with Gasteiger partial charge in [0.2, 0.25) is 5.91 Å². The molecular formula is C14H25NO4S. The first kappa shape index (κ1) is 17.3. The van der Waals surface area contributed by atoms with Crippen LogP contribution in [0.4, 0.5) is 0 Å². The fraction of sp³-hybridized carbons (Fsp3) is 0.857. The van der Waals surface area contributed by atoms with E-state index in [1.54, 1.807) is 11.8 Å². The first-order valence-corrected chi connectivity index (χ1v) is 8.18. The zero-order valence-electron chi connectivity index (χ0n) is 12.5. The summed E-state index contributed by atoms with van der Waals surface area (Å²) < 4.78 is 5.23. The van der Waals surface area contributed by atoms with E-state index in [0.29, 0.717) is 26.1 Å². The summed E-state index contributed by atoms with van der Waals surface area (Å²) in [5.74, 6) is 0.202. The van der Waals surface area contributed by atoms with Gasteiger partial charge in [-0.2, -0.15) is 0 Å². The molecule has 1 atom stereocenters. The fourth-order valence-electron chi connectivity index (χ4n) is 2.34. The molecule has 0 saturated carbocycles. The van der Waals surface area contributed by atoms with Crippen molar-refractivity contribution in [3.05, 3.63) is 0 Å². The normalized spacial score (nSPS) is 19.6. The van der Waals surface area contributed by atoms with Crippen molar-refractivity contribution < 1.29 is 19.4 Å². The number of carbonyl (C=O) groups excluding carboxylic acids is 1. The van der Waals surface area contributed by atoms with Gasteiger partial charge < -0.3 is 15.2 Å². The highest BCUT2D eigenvalue weighted by Crippen LogP contribution is 2.30. The molecular weight excluding hydrogens is 278 g/mol. The van der Waals surface area contributed by atoms with Gasteiger partial charge in [-0.05, 0) is 24.5 Å². The van der Waals surface area contributed by atoms with Crippen molar-refractivity contribution in [2.24, 2.45) is 11.3 Å². The van der Waals surface area contributed by atoms with Crippen molar-refractivity contribution in [1.82, 2.24) is 5.32 Å². The Balaban J connectivity index is 2.62. The Bertz CT molecular complexity index is 340.